The molecule has 0 amide bonds. The van der Waals surface area contributed by atoms with E-state index >= 15 is 0 Å². The zero-order valence-electron chi connectivity index (χ0n) is 10.9. The molecule has 1 N–H and O–H groups in total. The van der Waals surface area contributed by atoms with Gasteiger partial charge in [-0.15, -0.1) is 0 Å². The fourth-order valence-corrected chi connectivity index (χ4v) is 3.00. The molecule has 2 unspecified atom stereocenters. The molecule has 1 fully saturated rings. The van der Waals surface area contributed by atoms with E-state index in [9.17, 15) is 0 Å². The van der Waals surface area contributed by atoms with Gasteiger partial charge in [0.2, 0.25) is 6.79 Å². The lowest BCUT2D eigenvalue weighted by molar-refractivity contribution is 0.173. The van der Waals surface area contributed by atoms with E-state index in [0.29, 0.717) is 12.8 Å². The zero-order valence-corrected chi connectivity index (χ0v) is 10.9. The molecule has 1 saturated carbocycles. The molecule has 0 aromatic heterocycles. The molecule has 0 spiro atoms. The number of nitrogens with one attached hydrogen (secondary N) is 1. The Bertz CT molecular complexity index is 419. The van der Waals surface area contributed by atoms with Gasteiger partial charge in [-0.2, -0.15) is 0 Å². The first-order valence-electron chi connectivity index (χ1n) is 6.94. The van der Waals surface area contributed by atoms with Crippen molar-refractivity contribution in [1.29, 1.82) is 0 Å². The van der Waals surface area contributed by atoms with Crippen LogP contribution in [0.3, 0.4) is 0 Å². The largest absolute Gasteiger partial charge is 0.454 e. The van der Waals surface area contributed by atoms with E-state index in [-0.39, 0.29) is 0 Å². The molecule has 1 aromatic rings. The Morgan fingerprint density at radius 3 is 3.11 bits per heavy atom. The van der Waals surface area contributed by atoms with Crippen molar-refractivity contribution in [3.63, 3.8) is 0 Å². The van der Waals surface area contributed by atoms with Gasteiger partial charge in [0.05, 0.1) is 0 Å². The molecule has 1 heterocycles. The van der Waals surface area contributed by atoms with Crippen LogP contribution in [0.2, 0.25) is 0 Å². The third kappa shape index (κ3) is 2.46. The second-order valence-corrected chi connectivity index (χ2v) is 5.50. The van der Waals surface area contributed by atoms with Crippen LogP contribution in [0.25, 0.3) is 0 Å². The van der Waals surface area contributed by atoms with Gasteiger partial charge in [-0.05, 0) is 24.8 Å². The van der Waals surface area contributed by atoms with Gasteiger partial charge in [0.25, 0.3) is 0 Å². The quantitative estimate of drug-likeness (QED) is 0.890. The van der Waals surface area contributed by atoms with Gasteiger partial charge < -0.3 is 14.8 Å². The molecule has 3 nitrogen and oxygen atoms in total. The zero-order chi connectivity index (χ0) is 12.4. The van der Waals surface area contributed by atoms with Gasteiger partial charge >= 0.3 is 0 Å². The van der Waals surface area contributed by atoms with Crippen LogP contribution in [0.1, 0.15) is 38.2 Å². The van der Waals surface area contributed by atoms with E-state index in [4.69, 9.17) is 9.47 Å². The standard InChI is InChI=1S/C15H21NO2/c1-11-4-2-6-13(8-11)16-9-12-5-3-7-14-15(12)18-10-17-14/h3,5,7,11,13,16H,2,4,6,8-10H2,1H3. The second kappa shape index (κ2) is 5.19. The van der Waals surface area contributed by atoms with Crippen LogP contribution in [0.15, 0.2) is 18.2 Å². The van der Waals surface area contributed by atoms with Crippen molar-refractivity contribution in [1.82, 2.24) is 5.32 Å². The lowest BCUT2D eigenvalue weighted by Crippen LogP contribution is -2.33. The van der Waals surface area contributed by atoms with Crippen LogP contribution in [-0.2, 0) is 6.54 Å². The van der Waals surface area contributed by atoms with Gasteiger partial charge in [-0.25, -0.2) is 0 Å². The third-order valence-corrected chi connectivity index (χ3v) is 4.00. The second-order valence-electron chi connectivity index (χ2n) is 5.50. The van der Waals surface area contributed by atoms with Crippen molar-refractivity contribution in [3.8, 4) is 11.5 Å². The van der Waals surface area contributed by atoms with Gasteiger partial charge in [-0.3, -0.25) is 0 Å². The molecule has 18 heavy (non-hydrogen) atoms. The highest BCUT2D eigenvalue weighted by atomic mass is 16.7. The Morgan fingerprint density at radius 2 is 2.22 bits per heavy atom. The summed E-state index contributed by atoms with van der Waals surface area (Å²) in [4.78, 5) is 0. The SMILES string of the molecule is CC1CCCC(NCc2cccc3c2OCO3)C1. The summed E-state index contributed by atoms with van der Waals surface area (Å²) in [6, 6.07) is 6.78. The third-order valence-electron chi connectivity index (χ3n) is 4.00. The summed E-state index contributed by atoms with van der Waals surface area (Å²) >= 11 is 0. The van der Waals surface area contributed by atoms with Crippen LogP contribution in [0, 0.1) is 5.92 Å². The van der Waals surface area contributed by atoms with Crippen LogP contribution in [0.5, 0.6) is 11.5 Å². The average molecular weight is 247 g/mol. The minimum absolute atomic E-state index is 0.354. The van der Waals surface area contributed by atoms with E-state index in [0.717, 1.165) is 24.0 Å². The fraction of sp³-hybridized carbons (Fsp3) is 0.600. The number of fused-ring (bicyclic) bond motifs is 1. The summed E-state index contributed by atoms with van der Waals surface area (Å²) < 4.78 is 10.9. The van der Waals surface area contributed by atoms with E-state index in [1.165, 1.54) is 31.2 Å². The number of benzene rings is 1. The van der Waals surface area contributed by atoms with E-state index in [2.05, 4.69) is 18.3 Å². The summed E-state index contributed by atoms with van der Waals surface area (Å²) in [5.74, 6) is 2.66. The van der Waals surface area contributed by atoms with Gasteiger partial charge in [0.15, 0.2) is 11.5 Å². The molecule has 98 valence electrons. The highest BCUT2D eigenvalue weighted by Gasteiger charge is 2.20. The van der Waals surface area contributed by atoms with Gasteiger partial charge in [0.1, 0.15) is 0 Å². The fourth-order valence-electron chi connectivity index (χ4n) is 3.00. The lowest BCUT2D eigenvalue weighted by Gasteiger charge is -2.27. The van der Waals surface area contributed by atoms with Crippen molar-refractivity contribution in [2.45, 2.75) is 45.2 Å². The van der Waals surface area contributed by atoms with Crippen LogP contribution < -0.4 is 14.8 Å². The van der Waals surface area contributed by atoms with Crippen LogP contribution in [0.4, 0.5) is 0 Å². The maximum absolute atomic E-state index is 5.53. The average Bonchev–Trinajstić information content (AvgIpc) is 2.85. The van der Waals surface area contributed by atoms with Crippen LogP contribution in [-0.4, -0.2) is 12.8 Å². The Hall–Kier alpha value is -1.22. The molecule has 2 aliphatic rings. The van der Waals surface area contributed by atoms with Gasteiger partial charge in [-0.1, -0.05) is 31.9 Å². The predicted molar refractivity (Wildman–Crippen MR) is 70.8 cm³/mol. The minimum Gasteiger partial charge on any atom is -0.454 e. The summed E-state index contributed by atoms with van der Waals surface area (Å²) in [6.45, 7) is 3.59. The maximum Gasteiger partial charge on any atom is 0.231 e. The van der Waals surface area contributed by atoms with Crippen molar-refractivity contribution < 1.29 is 9.47 Å². The Morgan fingerprint density at radius 1 is 1.28 bits per heavy atom. The maximum atomic E-state index is 5.53. The molecule has 2 atom stereocenters. The molecule has 1 aromatic carbocycles. The molecule has 0 bridgehead atoms. The topological polar surface area (TPSA) is 30.5 Å². The first-order chi connectivity index (χ1) is 8.83. The minimum atomic E-state index is 0.354. The monoisotopic (exact) mass is 247 g/mol. The number of para-hydroxylation sites is 1. The molecule has 3 heteroatoms. The highest BCUT2D eigenvalue weighted by molar-refractivity contribution is 5.48. The molecule has 1 aliphatic carbocycles. The number of hydrogen-bond donors (Lipinski definition) is 1. The summed E-state index contributed by atoms with van der Waals surface area (Å²) in [5, 5.41) is 3.66. The van der Waals surface area contributed by atoms with Crippen molar-refractivity contribution in [3.05, 3.63) is 23.8 Å². The Kier molecular flexibility index (Phi) is 3.41. The van der Waals surface area contributed by atoms with Gasteiger partial charge in [0, 0.05) is 18.2 Å². The van der Waals surface area contributed by atoms with Crippen molar-refractivity contribution in [2.24, 2.45) is 5.92 Å². The first kappa shape index (κ1) is 11.8. The Balaban J connectivity index is 1.61. The molecule has 1 aliphatic heterocycles. The van der Waals surface area contributed by atoms with Crippen LogP contribution >= 0.6 is 0 Å². The number of hydrogen-bond acceptors (Lipinski definition) is 3. The molecule has 3 rings (SSSR count). The normalized spacial score (nSPS) is 26.3. The van der Waals surface area contributed by atoms with E-state index < -0.39 is 0 Å². The van der Waals surface area contributed by atoms with E-state index in [1.54, 1.807) is 0 Å². The smallest absolute Gasteiger partial charge is 0.231 e. The summed E-state index contributed by atoms with van der Waals surface area (Å²) in [6.07, 6.45) is 5.34. The molecular formula is C15H21NO2. The molecule has 0 saturated heterocycles. The number of ether oxygens (including phenoxy) is 2. The van der Waals surface area contributed by atoms with Crippen molar-refractivity contribution in [2.75, 3.05) is 6.79 Å². The molecular weight excluding hydrogens is 226 g/mol. The Labute approximate surface area is 108 Å². The van der Waals surface area contributed by atoms with Crippen molar-refractivity contribution >= 4 is 0 Å². The first-order valence-corrected chi connectivity index (χ1v) is 6.94. The summed E-state index contributed by atoms with van der Waals surface area (Å²) in [5.41, 5.74) is 1.21. The lowest BCUT2D eigenvalue weighted by atomic mass is 9.87. The highest BCUT2D eigenvalue weighted by Crippen LogP contribution is 2.35. The number of rotatable bonds is 3. The molecule has 0 radical (unpaired) electrons. The summed E-state index contributed by atoms with van der Waals surface area (Å²) in [7, 11) is 0. The van der Waals surface area contributed by atoms with E-state index in [1.807, 2.05) is 12.1 Å². The predicted octanol–water partition coefficient (Wildman–Crippen LogP) is 3.08.